The normalized spacial score (nSPS) is 15.0. The molecular weight excluding hydrogens is 423 g/mol. The van der Waals surface area contributed by atoms with Crippen molar-refractivity contribution in [1.82, 2.24) is 15.2 Å². The Morgan fingerprint density at radius 3 is 2.78 bits per heavy atom. The van der Waals surface area contributed by atoms with Gasteiger partial charge in [0, 0.05) is 15.7 Å². The minimum Gasteiger partial charge on any atom is -0.325 e. The summed E-state index contributed by atoms with van der Waals surface area (Å²) in [6.45, 7) is 0. The minimum absolute atomic E-state index is 0.0432. The summed E-state index contributed by atoms with van der Waals surface area (Å²) in [5.74, 6) is 1.95. The maximum atomic E-state index is 12.0. The van der Waals surface area contributed by atoms with Crippen LogP contribution in [0.4, 0.5) is 5.69 Å². The van der Waals surface area contributed by atoms with Crippen LogP contribution in [0, 0.1) is 9.49 Å². The van der Waals surface area contributed by atoms with Gasteiger partial charge in [-0.1, -0.05) is 37.4 Å². The number of benzene rings is 1. The molecule has 0 radical (unpaired) electrons. The van der Waals surface area contributed by atoms with E-state index in [-0.39, 0.29) is 5.91 Å². The fourth-order valence-corrected chi connectivity index (χ4v) is 3.76. The predicted octanol–water partition coefficient (Wildman–Crippen LogP) is 3.87. The summed E-state index contributed by atoms with van der Waals surface area (Å²) in [5.41, 5.74) is 0.813. The third-order valence-electron chi connectivity index (χ3n) is 3.93. The molecule has 2 N–H and O–H groups in total. The number of anilines is 1. The van der Waals surface area contributed by atoms with Crippen molar-refractivity contribution in [2.45, 2.75) is 37.3 Å². The zero-order valence-corrected chi connectivity index (χ0v) is 15.7. The van der Waals surface area contributed by atoms with Gasteiger partial charge >= 0.3 is 0 Å². The van der Waals surface area contributed by atoms with Crippen molar-refractivity contribution in [3.63, 3.8) is 0 Å². The first kappa shape index (κ1) is 16.8. The van der Waals surface area contributed by atoms with Crippen LogP contribution < -0.4 is 5.32 Å². The van der Waals surface area contributed by atoms with Gasteiger partial charge in [-0.2, -0.15) is 0 Å². The first-order valence-electron chi connectivity index (χ1n) is 7.78. The zero-order valence-electron chi connectivity index (χ0n) is 12.7. The fraction of sp³-hybridized carbons (Fsp3) is 0.438. The van der Waals surface area contributed by atoms with Crippen LogP contribution in [0.1, 0.15) is 31.5 Å². The number of aromatic amines is 1. The molecule has 2 aromatic rings. The van der Waals surface area contributed by atoms with Crippen molar-refractivity contribution < 1.29 is 4.79 Å². The number of amides is 1. The highest BCUT2D eigenvalue weighted by Gasteiger charge is 2.17. The Labute approximate surface area is 153 Å². The smallest absolute Gasteiger partial charge is 0.234 e. The zero-order chi connectivity index (χ0) is 16.1. The molecule has 0 saturated heterocycles. The molecule has 1 aromatic heterocycles. The Morgan fingerprint density at radius 2 is 2.04 bits per heavy atom. The van der Waals surface area contributed by atoms with E-state index >= 15 is 0 Å². The van der Waals surface area contributed by atoms with Crippen LogP contribution in [-0.4, -0.2) is 26.8 Å². The number of aromatic nitrogens is 3. The van der Waals surface area contributed by atoms with Crippen LogP contribution in [0.5, 0.6) is 0 Å². The molecule has 1 aliphatic carbocycles. The van der Waals surface area contributed by atoms with E-state index in [1.807, 2.05) is 24.3 Å². The summed E-state index contributed by atoms with van der Waals surface area (Å²) in [6.07, 6.45) is 6.23. The third kappa shape index (κ3) is 5.20. The van der Waals surface area contributed by atoms with Crippen molar-refractivity contribution in [2.24, 2.45) is 5.92 Å². The lowest BCUT2D eigenvalue weighted by atomic mass is 10.0. The number of carbonyl (C=O) groups is 1. The van der Waals surface area contributed by atoms with E-state index in [9.17, 15) is 4.79 Å². The van der Waals surface area contributed by atoms with Gasteiger partial charge in [0.05, 0.1) is 5.75 Å². The molecule has 0 aliphatic heterocycles. The Bertz CT molecular complexity index is 652. The van der Waals surface area contributed by atoms with E-state index < -0.39 is 0 Å². The lowest BCUT2D eigenvalue weighted by Crippen LogP contribution is -2.14. The van der Waals surface area contributed by atoms with Crippen molar-refractivity contribution in [3.8, 4) is 0 Å². The van der Waals surface area contributed by atoms with Crippen molar-refractivity contribution >= 4 is 45.9 Å². The van der Waals surface area contributed by atoms with Crippen LogP contribution in [0.2, 0.25) is 0 Å². The molecule has 1 amide bonds. The van der Waals surface area contributed by atoms with Gasteiger partial charge in [0.1, 0.15) is 5.82 Å². The average Bonchev–Trinajstić information content (AvgIpc) is 3.20. The maximum Gasteiger partial charge on any atom is 0.234 e. The lowest BCUT2D eigenvalue weighted by molar-refractivity contribution is -0.113. The van der Waals surface area contributed by atoms with Crippen LogP contribution in [0.25, 0.3) is 0 Å². The van der Waals surface area contributed by atoms with Crippen LogP contribution >= 0.6 is 34.4 Å². The number of hydrogen-bond acceptors (Lipinski definition) is 4. The van der Waals surface area contributed by atoms with Crippen LogP contribution in [0.3, 0.4) is 0 Å². The van der Waals surface area contributed by atoms with Gasteiger partial charge in [0.2, 0.25) is 11.1 Å². The van der Waals surface area contributed by atoms with E-state index in [2.05, 4.69) is 43.1 Å². The maximum absolute atomic E-state index is 12.0. The molecule has 0 atom stereocenters. The van der Waals surface area contributed by atoms with Crippen LogP contribution in [0.15, 0.2) is 29.4 Å². The van der Waals surface area contributed by atoms with Gasteiger partial charge in [0.25, 0.3) is 0 Å². The average molecular weight is 442 g/mol. The lowest BCUT2D eigenvalue weighted by Gasteiger charge is -2.04. The molecule has 23 heavy (non-hydrogen) atoms. The van der Waals surface area contributed by atoms with E-state index in [1.54, 1.807) is 0 Å². The Balaban J connectivity index is 1.45. The minimum atomic E-state index is -0.0432. The highest BCUT2D eigenvalue weighted by atomic mass is 127. The second kappa shape index (κ2) is 8.14. The summed E-state index contributed by atoms with van der Waals surface area (Å²) < 4.78 is 1.14. The van der Waals surface area contributed by atoms with Crippen molar-refractivity contribution in [3.05, 3.63) is 33.7 Å². The summed E-state index contributed by atoms with van der Waals surface area (Å²) in [4.78, 5) is 16.4. The van der Waals surface area contributed by atoms with Gasteiger partial charge in [-0.05, 0) is 52.8 Å². The largest absolute Gasteiger partial charge is 0.325 e. The summed E-state index contributed by atoms with van der Waals surface area (Å²) in [5, 5.41) is 10.7. The van der Waals surface area contributed by atoms with Gasteiger partial charge in [0.15, 0.2) is 0 Å². The molecule has 0 unspecified atom stereocenters. The Kier molecular flexibility index (Phi) is 5.93. The van der Waals surface area contributed by atoms with Gasteiger partial charge in [-0.3, -0.25) is 9.89 Å². The second-order valence-corrected chi connectivity index (χ2v) is 7.95. The van der Waals surface area contributed by atoms with E-state index in [0.717, 1.165) is 27.4 Å². The number of nitrogens with zero attached hydrogens (tertiary/aromatic N) is 2. The molecule has 1 fully saturated rings. The molecule has 1 aliphatic rings. The number of halogens is 1. The Morgan fingerprint density at radius 1 is 1.30 bits per heavy atom. The monoisotopic (exact) mass is 442 g/mol. The quantitative estimate of drug-likeness (QED) is 0.527. The number of carbonyl (C=O) groups excluding carboxylic acids is 1. The number of rotatable bonds is 6. The van der Waals surface area contributed by atoms with E-state index in [4.69, 9.17) is 0 Å². The topological polar surface area (TPSA) is 70.7 Å². The molecule has 0 bridgehead atoms. The summed E-state index contributed by atoms with van der Waals surface area (Å²) in [6, 6.07) is 7.73. The molecule has 3 rings (SSSR count). The number of nitrogens with one attached hydrogen (secondary N) is 2. The molecule has 1 heterocycles. The molecule has 0 spiro atoms. The van der Waals surface area contributed by atoms with Crippen molar-refractivity contribution in [2.75, 3.05) is 11.1 Å². The molecule has 7 heteroatoms. The van der Waals surface area contributed by atoms with Crippen LogP contribution in [-0.2, 0) is 11.2 Å². The Hall–Kier alpha value is -1.09. The standard InChI is InChI=1S/C16H19IN4OS/c17-12-5-7-13(8-6-12)18-15(22)10-23-16-19-14(20-21-16)9-11-3-1-2-4-11/h5-8,11H,1-4,9-10H2,(H,18,22)(H,19,20,21). The molecule has 1 aromatic carbocycles. The van der Waals surface area contributed by atoms with E-state index in [1.165, 1.54) is 37.4 Å². The van der Waals surface area contributed by atoms with Gasteiger partial charge in [-0.15, -0.1) is 5.10 Å². The molecule has 5 nitrogen and oxygen atoms in total. The fourth-order valence-electron chi connectivity index (χ4n) is 2.78. The first-order chi connectivity index (χ1) is 11.2. The third-order valence-corrected chi connectivity index (χ3v) is 5.49. The summed E-state index contributed by atoms with van der Waals surface area (Å²) >= 11 is 3.60. The van der Waals surface area contributed by atoms with Crippen molar-refractivity contribution in [1.29, 1.82) is 0 Å². The number of hydrogen-bond donors (Lipinski definition) is 2. The SMILES string of the molecule is O=C(CSc1n[nH]c(CC2CCCC2)n1)Nc1ccc(I)cc1. The summed E-state index contributed by atoms with van der Waals surface area (Å²) in [7, 11) is 0. The first-order valence-corrected chi connectivity index (χ1v) is 9.85. The predicted molar refractivity (Wildman–Crippen MR) is 101 cm³/mol. The highest BCUT2D eigenvalue weighted by molar-refractivity contribution is 14.1. The van der Waals surface area contributed by atoms with E-state index in [0.29, 0.717) is 10.9 Å². The molecular formula is C16H19IN4OS. The molecule has 1 saturated carbocycles. The second-order valence-electron chi connectivity index (χ2n) is 5.76. The molecule has 122 valence electrons. The number of thioether (sulfide) groups is 1. The highest BCUT2D eigenvalue weighted by Crippen LogP contribution is 2.27. The van der Waals surface area contributed by atoms with Gasteiger partial charge in [-0.25, -0.2) is 4.98 Å². The number of H-pyrrole nitrogens is 1. The van der Waals surface area contributed by atoms with Gasteiger partial charge < -0.3 is 5.32 Å².